The Kier molecular flexibility index (Phi) is 7.02. The minimum absolute atomic E-state index is 1.31. The zero-order valence-corrected chi connectivity index (χ0v) is 23.3. The number of hydrogen-bond acceptors (Lipinski definition) is 0. The lowest BCUT2D eigenvalue weighted by atomic mass is 9.97. The zero-order valence-electron chi connectivity index (χ0n) is 23.3. The fourth-order valence-corrected chi connectivity index (χ4v) is 5.86. The minimum atomic E-state index is 1.31. The summed E-state index contributed by atoms with van der Waals surface area (Å²) in [4.78, 5) is 0. The van der Waals surface area contributed by atoms with Crippen LogP contribution >= 0.6 is 0 Å². The Bertz CT molecular complexity index is 2110. The van der Waals surface area contributed by atoms with Gasteiger partial charge in [-0.2, -0.15) is 0 Å². The quantitative estimate of drug-likeness (QED) is 0.170. The van der Waals surface area contributed by atoms with E-state index in [0.717, 1.165) is 0 Å². The van der Waals surface area contributed by atoms with E-state index in [2.05, 4.69) is 182 Å². The highest BCUT2D eigenvalue weighted by Crippen LogP contribution is 2.31. The van der Waals surface area contributed by atoms with Crippen molar-refractivity contribution >= 4 is 64.6 Å². The number of fused-ring (bicyclic) bond motifs is 9. The number of hydrogen-bond donors (Lipinski definition) is 0. The summed E-state index contributed by atoms with van der Waals surface area (Å²) < 4.78 is 0. The van der Waals surface area contributed by atoms with Crippen LogP contribution in [0.15, 0.2) is 182 Å². The van der Waals surface area contributed by atoms with Crippen LogP contribution in [-0.2, 0) is 0 Å². The van der Waals surface area contributed by atoms with E-state index in [-0.39, 0.29) is 0 Å². The summed E-state index contributed by atoms with van der Waals surface area (Å²) >= 11 is 0. The molecule has 0 spiro atoms. The first-order valence-corrected chi connectivity index (χ1v) is 14.4. The lowest BCUT2D eigenvalue weighted by Gasteiger charge is -2.07. The average Bonchev–Trinajstić information content (AvgIpc) is 3.08. The second-order valence-electron chi connectivity index (χ2n) is 10.5. The second kappa shape index (κ2) is 11.6. The maximum atomic E-state index is 2.24. The third-order valence-electron chi connectivity index (χ3n) is 7.96. The van der Waals surface area contributed by atoms with Crippen molar-refractivity contribution in [2.75, 3.05) is 0 Å². The molecule has 0 saturated heterocycles. The van der Waals surface area contributed by atoms with Crippen molar-refractivity contribution in [1.82, 2.24) is 0 Å². The van der Waals surface area contributed by atoms with Gasteiger partial charge in [0, 0.05) is 0 Å². The van der Waals surface area contributed by atoms with Crippen molar-refractivity contribution in [2.45, 2.75) is 0 Å². The maximum Gasteiger partial charge on any atom is -0.00990 e. The van der Waals surface area contributed by atoms with E-state index in [1.165, 1.54) is 64.6 Å². The molecule has 0 aliphatic heterocycles. The van der Waals surface area contributed by atoms with Crippen LogP contribution in [0, 0.1) is 0 Å². The van der Waals surface area contributed by atoms with Crippen molar-refractivity contribution in [3.8, 4) is 0 Å². The van der Waals surface area contributed by atoms with Crippen LogP contribution in [0.4, 0.5) is 0 Å². The highest BCUT2D eigenvalue weighted by atomic mass is 14.1. The summed E-state index contributed by atoms with van der Waals surface area (Å²) in [5.74, 6) is 0. The van der Waals surface area contributed by atoms with Crippen molar-refractivity contribution in [1.29, 1.82) is 0 Å². The van der Waals surface area contributed by atoms with E-state index in [4.69, 9.17) is 0 Å². The van der Waals surface area contributed by atoms with Crippen molar-refractivity contribution in [2.24, 2.45) is 0 Å². The van der Waals surface area contributed by atoms with Gasteiger partial charge in [-0.3, -0.25) is 0 Å². The van der Waals surface area contributed by atoms with Gasteiger partial charge in [-0.25, -0.2) is 0 Å². The standard InChI is InChI=1S/C18H12.C14H10.C10H8/c1-3-7-15-13(5-1)9-11-18-16-8-4-2-6-14(16)10-12-17(15)18;1-3-7-13-11(5-1)9-10-12-6-2-4-8-14(12)13;1-2-6-10-8-4-3-7-9(10)5-1/h1-12H;1-10H;1-8H. The fraction of sp³-hybridized carbons (Fsp3) is 0. The van der Waals surface area contributed by atoms with E-state index in [1.54, 1.807) is 0 Å². The van der Waals surface area contributed by atoms with Gasteiger partial charge in [0.25, 0.3) is 0 Å². The van der Waals surface area contributed by atoms with Crippen molar-refractivity contribution in [3.05, 3.63) is 182 Å². The highest BCUT2D eigenvalue weighted by Gasteiger charge is 2.03. The lowest BCUT2D eigenvalue weighted by molar-refractivity contribution is 1.75. The molecule has 0 fully saturated rings. The summed E-state index contributed by atoms with van der Waals surface area (Å²) in [7, 11) is 0. The second-order valence-corrected chi connectivity index (χ2v) is 10.5. The molecule has 9 rings (SSSR count). The monoisotopic (exact) mass is 534 g/mol. The Hall–Kier alpha value is -5.46. The average molecular weight is 535 g/mol. The van der Waals surface area contributed by atoms with Gasteiger partial charge >= 0.3 is 0 Å². The summed E-state index contributed by atoms with van der Waals surface area (Å²) in [6.07, 6.45) is 0. The SMILES string of the molecule is c1ccc2c(c1)ccc1c3ccccc3ccc21.c1ccc2c(c1)ccc1ccccc12.c1ccc2ccccc2c1. The van der Waals surface area contributed by atoms with E-state index < -0.39 is 0 Å². The molecule has 0 heterocycles. The molecule has 0 atom stereocenters. The van der Waals surface area contributed by atoms with E-state index in [0.29, 0.717) is 0 Å². The molecule has 9 aromatic carbocycles. The van der Waals surface area contributed by atoms with Crippen LogP contribution in [0.25, 0.3) is 64.6 Å². The molecule has 0 aliphatic carbocycles. The van der Waals surface area contributed by atoms with Gasteiger partial charge in [0.1, 0.15) is 0 Å². The van der Waals surface area contributed by atoms with E-state index >= 15 is 0 Å². The van der Waals surface area contributed by atoms with Gasteiger partial charge in [-0.1, -0.05) is 182 Å². The molecule has 0 nitrogen and oxygen atoms in total. The summed E-state index contributed by atoms with van der Waals surface area (Å²) in [6, 6.07) is 64.1. The van der Waals surface area contributed by atoms with Crippen LogP contribution in [0.1, 0.15) is 0 Å². The lowest BCUT2D eigenvalue weighted by Crippen LogP contribution is -1.79. The largest absolute Gasteiger partial charge is 0.0616 e. The molecule has 0 amide bonds. The molecule has 0 unspecified atom stereocenters. The minimum Gasteiger partial charge on any atom is -0.0616 e. The first kappa shape index (κ1) is 25.5. The van der Waals surface area contributed by atoms with Crippen molar-refractivity contribution in [3.63, 3.8) is 0 Å². The molecule has 198 valence electrons. The Morgan fingerprint density at radius 3 is 0.667 bits per heavy atom. The predicted molar refractivity (Wildman–Crippen MR) is 184 cm³/mol. The molecule has 0 saturated carbocycles. The Morgan fingerprint density at radius 1 is 0.143 bits per heavy atom. The molecule has 42 heavy (non-hydrogen) atoms. The van der Waals surface area contributed by atoms with Crippen LogP contribution in [0.2, 0.25) is 0 Å². The van der Waals surface area contributed by atoms with Gasteiger partial charge in [-0.05, 0) is 64.6 Å². The molecule has 0 aromatic heterocycles. The molecule has 0 N–H and O–H groups in total. The third-order valence-corrected chi connectivity index (χ3v) is 7.96. The molecular weight excluding hydrogens is 504 g/mol. The van der Waals surface area contributed by atoms with Crippen LogP contribution < -0.4 is 0 Å². The first-order chi connectivity index (χ1) is 20.8. The van der Waals surface area contributed by atoms with Gasteiger partial charge in [0.2, 0.25) is 0 Å². The first-order valence-electron chi connectivity index (χ1n) is 14.4. The maximum absolute atomic E-state index is 2.24. The molecule has 0 bridgehead atoms. The molecular formula is C42H30. The molecule has 0 radical (unpaired) electrons. The Labute approximate surface area is 246 Å². The topological polar surface area (TPSA) is 0 Å². The molecule has 0 aliphatic rings. The predicted octanol–water partition coefficient (Wildman–Crippen LogP) is 12.0. The molecule has 9 aromatic rings. The highest BCUT2D eigenvalue weighted by molar-refractivity contribution is 6.17. The van der Waals surface area contributed by atoms with Crippen LogP contribution in [-0.4, -0.2) is 0 Å². The van der Waals surface area contributed by atoms with Crippen LogP contribution in [0.5, 0.6) is 0 Å². The summed E-state index contributed by atoms with van der Waals surface area (Å²) in [5.41, 5.74) is 0. The number of benzene rings is 9. The van der Waals surface area contributed by atoms with Gasteiger partial charge in [0.05, 0.1) is 0 Å². The summed E-state index contributed by atoms with van der Waals surface area (Å²) in [6.45, 7) is 0. The van der Waals surface area contributed by atoms with Crippen LogP contribution in [0.3, 0.4) is 0 Å². The Morgan fingerprint density at radius 2 is 0.357 bits per heavy atom. The summed E-state index contributed by atoms with van der Waals surface area (Å²) in [5, 5.41) is 15.9. The number of rotatable bonds is 0. The van der Waals surface area contributed by atoms with E-state index in [9.17, 15) is 0 Å². The van der Waals surface area contributed by atoms with Gasteiger partial charge < -0.3 is 0 Å². The van der Waals surface area contributed by atoms with Crippen molar-refractivity contribution < 1.29 is 0 Å². The third kappa shape index (κ3) is 5.07. The Balaban J connectivity index is 0.000000107. The fourth-order valence-electron chi connectivity index (χ4n) is 5.86. The zero-order chi connectivity index (χ0) is 28.1. The smallest absolute Gasteiger partial charge is 0.00990 e. The van der Waals surface area contributed by atoms with E-state index in [1.807, 2.05) is 0 Å². The normalized spacial score (nSPS) is 10.9. The molecule has 0 heteroatoms. The van der Waals surface area contributed by atoms with Gasteiger partial charge in [-0.15, -0.1) is 0 Å². The van der Waals surface area contributed by atoms with Gasteiger partial charge in [0.15, 0.2) is 0 Å².